The fourth-order valence-electron chi connectivity index (χ4n) is 2.31. The number of halogens is 1. The average molecular weight is 271 g/mol. The molecule has 19 heavy (non-hydrogen) atoms. The highest BCUT2D eigenvalue weighted by Crippen LogP contribution is 2.25. The van der Waals surface area contributed by atoms with Crippen LogP contribution >= 0.6 is 11.6 Å². The van der Waals surface area contributed by atoms with Crippen LogP contribution in [0.2, 0.25) is 0 Å². The molecule has 0 saturated heterocycles. The summed E-state index contributed by atoms with van der Waals surface area (Å²) < 4.78 is 2.19. The van der Waals surface area contributed by atoms with Gasteiger partial charge in [-0.1, -0.05) is 42.0 Å². The molecular weight excluding hydrogens is 256 g/mol. The van der Waals surface area contributed by atoms with Gasteiger partial charge in [0.1, 0.15) is 5.82 Å². The van der Waals surface area contributed by atoms with Gasteiger partial charge in [-0.2, -0.15) is 0 Å². The Morgan fingerprint density at radius 2 is 1.79 bits per heavy atom. The number of alkyl halides is 1. The summed E-state index contributed by atoms with van der Waals surface area (Å²) in [5.74, 6) is 1.57. The first kappa shape index (κ1) is 12.2. The molecule has 0 radical (unpaired) electrons. The van der Waals surface area contributed by atoms with Gasteiger partial charge in [0.05, 0.1) is 11.0 Å². The van der Waals surface area contributed by atoms with E-state index < -0.39 is 0 Å². The molecule has 0 unspecified atom stereocenters. The van der Waals surface area contributed by atoms with Crippen LogP contribution in [0.1, 0.15) is 5.56 Å². The summed E-state index contributed by atoms with van der Waals surface area (Å²) in [5.41, 5.74) is 4.54. The van der Waals surface area contributed by atoms with Crippen molar-refractivity contribution in [1.29, 1.82) is 0 Å². The van der Waals surface area contributed by atoms with E-state index in [0.717, 1.165) is 29.0 Å². The lowest BCUT2D eigenvalue weighted by Gasteiger charge is -2.07. The number of rotatable bonds is 3. The Hall–Kier alpha value is -1.80. The molecule has 2 aromatic carbocycles. The summed E-state index contributed by atoms with van der Waals surface area (Å²) in [4.78, 5) is 4.74. The monoisotopic (exact) mass is 270 g/mol. The highest BCUT2D eigenvalue weighted by molar-refractivity contribution is 6.17. The quantitative estimate of drug-likeness (QED) is 0.651. The summed E-state index contributed by atoms with van der Waals surface area (Å²) in [5, 5.41) is 0. The third kappa shape index (κ3) is 2.24. The van der Waals surface area contributed by atoms with Gasteiger partial charge < -0.3 is 4.57 Å². The number of aryl methyl sites for hydroxylation is 2. The predicted molar refractivity (Wildman–Crippen MR) is 80.6 cm³/mol. The maximum atomic E-state index is 5.93. The average Bonchev–Trinajstić information content (AvgIpc) is 2.79. The summed E-state index contributed by atoms with van der Waals surface area (Å²) in [6.07, 6.45) is 0. The smallest absolute Gasteiger partial charge is 0.141 e. The van der Waals surface area contributed by atoms with Gasteiger partial charge in [-0.25, -0.2) is 4.98 Å². The molecule has 0 aliphatic heterocycles. The maximum absolute atomic E-state index is 5.93. The molecule has 0 bridgehead atoms. The second kappa shape index (κ2) is 5.06. The fourth-order valence-corrected chi connectivity index (χ4v) is 2.48. The first-order chi connectivity index (χ1) is 9.29. The molecule has 0 spiro atoms. The second-order valence-corrected chi connectivity index (χ2v) is 5.01. The Morgan fingerprint density at radius 1 is 1.05 bits per heavy atom. The molecular formula is C16H15ClN2. The van der Waals surface area contributed by atoms with E-state index in [1.165, 1.54) is 5.56 Å². The van der Waals surface area contributed by atoms with Crippen molar-refractivity contribution < 1.29 is 0 Å². The van der Waals surface area contributed by atoms with Crippen LogP contribution in [0.4, 0.5) is 0 Å². The summed E-state index contributed by atoms with van der Waals surface area (Å²) >= 11 is 5.93. The first-order valence-corrected chi connectivity index (χ1v) is 6.91. The van der Waals surface area contributed by atoms with Crippen LogP contribution in [-0.4, -0.2) is 15.4 Å². The Balaban J connectivity index is 2.21. The number of para-hydroxylation sites is 2. The molecule has 3 aromatic rings. The molecule has 96 valence electrons. The Labute approximate surface area is 117 Å². The number of aromatic nitrogens is 2. The lowest BCUT2D eigenvalue weighted by Crippen LogP contribution is -2.01. The van der Waals surface area contributed by atoms with E-state index in [9.17, 15) is 0 Å². The zero-order valence-electron chi connectivity index (χ0n) is 10.8. The fraction of sp³-hybridized carbons (Fsp3) is 0.188. The van der Waals surface area contributed by atoms with Gasteiger partial charge >= 0.3 is 0 Å². The molecule has 0 fully saturated rings. The third-order valence-corrected chi connectivity index (χ3v) is 3.44. The molecule has 2 nitrogen and oxygen atoms in total. The van der Waals surface area contributed by atoms with Gasteiger partial charge in [0.25, 0.3) is 0 Å². The molecule has 0 saturated carbocycles. The highest BCUT2D eigenvalue weighted by Gasteiger charge is 2.11. The van der Waals surface area contributed by atoms with Crippen molar-refractivity contribution >= 4 is 22.6 Å². The van der Waals surface area contributed by atoms with Crippen molar-refractivity contribution in [2.45, 2.75) is 13.5 Å². The van der Waals surface area contributed by atoms with Crippen LogP contribution in [0, 0.1) is 6.92 Å². The number of imidazole rings is 1. The molecule has 3 rings (SSSR count). The second-order valence-electron chi connectivity index (χ2n) is 4.63. The van der Waals surface area contributed by atoms with Gasteiger partial charge in [0.15, 0.2) is 0 Å². The standard InChI is InChI=1S/C16H15ClN2/c1-12-6-8-13(9-7-12)16-18-14-4-2-3-5-15(14)19(16)11-10-17/h2-9H,10-11H2,1H3. The number of hydrogen-bond acceptors (Lipinski definition) is 1. The number of benzene rings is 2. The molecule has 0 atom stereocenters. The van der Waals surface area contributed by atoms with Gasteiger partial charge in [0.2, 0.25) is 0 Å². The van der Waals surface area contributed by atoms with E-state index >= 15 is 0 Å². The molecule has 1 heterocycles. The summed E-state index contributed by atoms with van der Waals surface area (Å²) in [6.45, 7) is 2.86. The molecule has 0 amide bonds. The largest absolute Gasteiger partial charge is 0.323 e. The Kier molecular flexibility index (Phi) is 3.26. The van der Waals surface area contributed by atoms with E-state index in [4.69, 9.17) is 16.6 Å². The minimum absolute atomic E-state index is 0.583. The Morgan fingerprint density at radius 3 is 2.53 bits per heavy atom. The van der Waals surface area contributed by atoms with Crippen LogP contribution in [0.3, 0.4) is 0 Å². The van der Waals surface area contributed by atoms with Crippen molar-refractivity contribution in [2.75, 3.05) is 5.88 Å². The lowest BCUT2D eigenvalue weighted by atomic mass is 10.1. The molecule has 3 heteroatoms. The van der Waals surface area contributed by atoms with Gasteiger partial charge in [-0.05, 0) is 19.1 Å². The minimum atomic E-state index is 0.583. The summed E-state index contributed by atoms with van der Waals surface area (Å²) in [7, 11) is 0. The van der Waals surface area contributed by atoms with Crippen LogP contribution < -0.4 is 0 Å². The van der Waals surface area contributed by atoms with Gasteiger partial charge in [-0.15, -0.1) is 11.6 Å². The number of hydrogen-bond donors (Lipinski definition) is 0. The van der Waals surface area contributed by atoms with Crippen LogP contribution in [0.5, 0.6) is 0 Å². The van der Waals surface area contributed by atoms with Crippen molar-refractivity contribution in [1.82, 2.24) is 9.55 Å². The number of nitrogens with zero attached hydrogens (tertiary/aromatic N) is 2. The van der Waals surface area contributed by atoms with Gasteiger partial charge in [0, 0.05) is 18.0 Å². The SMILES string of the molecule is Cc1ccc(-c2nc3ccccc3n2CCCl)cc1. The first-order valence-electron chi connectivity index (χ1n) is 6.38. The molecule has 0 N–H and O–H groups in total. The summed E-state index contributed by atoms with van der Waals surface area (Å²) in [6, 6.07) is 16.6. The highest BCUT2D eigenvalue weighted by atomic mass is 35.5. The third-order valence-electron chi connectivity index (χ3n) is 3.27. The van der Waals surface area contributed by atoms with Gasteiger partial charge in [-0.3, -0.25) is 0 Å². The van der Waals surface area contributed by atoms with E-state index in [0.29, 0.717) is 5.88 Å². The normalized spacial score (nSPS) is 11.1. The molecule has 0 aliphatic rings. The zero-order valence-corrected chi connectivity index (χ0v) is 11.6. The molecule has 0 aliphatic carbocycles. The van der Waals surface area contributed by atoms with E-state index in [1.807, 2.05) is 18.2 Å². The van der Waals surface area contributed by atoms with Crippen molar-refractivity contribution in [2.24, 2.45) is 0 Å². The Bertz CT molecular complexity index is 698. The zero-order chi connectivity index (χ0) is 13.2. The van der Waals surface area contributed by atoms with Crippen molar-refractivity contribution in [3.05, 3.63) is 54.1 Å². The lowest BCUT2D eigenvalue weighted by molar-refractivity contribution is 0.802. The topological polar surface area (TPSA) is 17.8 Å². The van der Waals surface area contributed by atoms with Crippen LogP contribution in [0.25, 0.3) is 22.4 Å². The van der Waals surface area contributed by atoms with E-state index in [-0.39, 0.29) is 0 Å². The van der Waals surface area contributed by atoms with E-state index in [2.05, 4.69) is 41.8 Å². The van der Waals surface area contributed by atoms with Crippen LogP contribution in [0.15, 0.2) is 48.5 Å². The maximum Gasteiger partial charge on any atom is 0.141 e. The molecule has 1 aromatic heterocycles. The van der Waals surface area contributed by atoms with E-state index in [1.54, 1.807) is 0 Å². The minimum Gasteiger partial charge on any atom is -0.323 e. The number of fused-ring (bicyclic) bond motifs is 1. The van der Waals surface area contributed by atoms with Crippen molar-refractivity contribution in [3.63, 3.8) is 0 Å². The van der Waals surface area contributed by atoms with Crippen LogP contribution in [-0.2, 0) is 6.54 Å². The van der Waals surface area contributed by atoms with Crippen molar-refractivity contribution in [3.8, 4) is 11.4 Å². The predicted octanol–water partition coefficient (Wildman–Crippen LogP) is 4.25.